The van der Waals surface area contributed by atoms with Crippen molar-refractivity contribution in [3.63, 3.8) is 0 Å². The number of primary sulfonamides is 1. The van der Waals surface area contributed by atoms with E-state index in [0.717, 1.165) is 0 Å². The summed E-state index contributed by atoms with van der Waals surface area (Å²) in [5, 5.41) is 13.4. The minimum Gasteiger partial charge on any atom is -0.395 e. The first-order valence-corrected chi connectivity index (χ1v) is 7.69. The van der Waals surface area contributed by atoms with Crippen LogP contribution in [0.2, 0.25) is 0 Å². The fourth-order valence-electron chi connectivity index (χ4n) is 1.06. The number of hydrogen-bond acceptors (Lipinski definition) is 5. The Kier molecular flexibility index (Phi) is 4.09. The van der Waals surface area contributed by atoms with Crippen LogP contribution in [0.3, 0.4) is 0 Å². The number of anilines is 1. The van der Waals surface area contributed by atoms with Gasteiger partial charge in [0.25, 0.3) is 0 Å². The SMILES string of the molecule is NS(=O)(=O)c1ccc(NS(=O)(=O)CCO)cc1. The molecule has 0 unspecified atom stereocenters. The summed E-state index contributed by atoms with van der Waals surface area (Å²) in [5.74, 6) is -0.427. The Balaban J connectivity index is 2.90. The van der Waals surface area contributed by atoms with Gasteiger partial charge in [-0.3, -0.25) is 4.72 Å². The van der Waals surface area contributed by atoms with E-state index in [9.17, 15) is 16.8 Å². The van der Waals surface area contributed by atoms with Crippen molar-refractivity contribution in [2.75, 3.05) is 17.1 Å². The van der Waals surface area contributed by atoms with Gasteiger partial charge in [-0.25, -0.2) is 22.0 Å². The number of aliphatic hydroxyl groups excluding tert-OH is 1. The molecule has 0 aliphatic carbocycles. The fraction of sp³-hybridized carbons (Fsp3) is 0.250. The quantitative estimate of drug-likeness (QED) is 0.642. The molecule has 0 aliphatic rings. The molecule has 9 heteroatoms. The average Bonchev–Trinajstić information content (AvgIpc) is 2.16. The highest BCUT2D eigenvalue weighted by molar-refractivity contribution is 7.92. The smallest absolute Gasteiger partial charge is 0.238 e. The van der Waals surface area contributed by atoms with E-state index in [2.05, 4.69) is 4.72 Å². The van der Waals surface area contributed by atoms with Crippen LogP contribution < -0.4 is 9.86 Å². The number of nitrogens with one attached hydrogen (secondary N) is 1. The van der Waals surface area contributed by atoms with Crippen molar-refractivity contribution >= 4 is 25.7 Å². The lowest BCUT2D eigenvalue weighted by Gasteiger charge is -2.06. The van der Waals surface area contributed by atoms with E-state index in [1.165, 1.54) is 24.3 Å². The molecule has 7 nitrogen and oxygen atoms in total. The molecule has 0 saturated carbocycles. The van der Waals surface area contributed by atoms with Crippen LogP contribution in [-0.2, 0) is 20.0 Å². The summed E-state index contributed by atoms with van der Waals surface area (Å²) >= 11 is 0. The van der Waals surface area contributed by atoms with Crippen molar-refractivity contribution in [1.82, 2.24) is 0 Å². The van der Waals surface area contributed by atoms with Gasteiger partial charge in [-0.05, 0) is 24.3 Å². The summed E-state index contributed by atoms with van der Waals surface area (Å²) in [6.45, 7) is -0.495. The van der Waals surface area contributed by atoms with Gasteiger partial charge in [0.05, 0.1) is 17.3 Å². The van der Waals surface area contributed by atoms with E-state index in [4.69, 9.17) is 10.2 Å². The van der Waals surface area contributed by atoms with Crippen LogP contribution in [0.1, 0.15) is 0 Å². The first kappa shape index (κ1) is 13.9. The standard InChI is InChI=1S/C8H12N2O5S2/c9-17(14,15)8-3-1-7(2-4-8)10-16(12,13)6-5-11/h1-4,10-11H,5-6H2,(H2,9,14,15). The number of hydrogen-bond donors (Lipinski definition) is 3. The minimum atomic E-state index is -3.79. The largest absolute Gasteiger partial charge is 0.395 e. The lowest BCUT2D eigenvalue weighted by atomic mass is 10.3. The molecule has 0 heterocycles. The normalized spacial score (nSPS) is 12.4. The topological polar surface area (TPSA) is 127 Å². The molecule has 0 aliphatic heterocycles. The van der Waals surface area contributed by atoms with E-state index in [0.29, 0.717) is 0 Å². The predicted octanol–water partition coefficient (Wildman–Crippen LogP) is -0.932. The lowest BCUT2D eigenvalue weighted by Crippen LogP contribution is -2.19. The molecule has 0 radical (unpaired) electrons. The van der Waals surface area contributed by atoms with Gasteiger partial charge >= 0.3 is 0 Å². The maximum Gasteiger partial charge on any atom is 0.238 e. The van der Waals surface area contributed by atoms with Crippen LogP contribution in [0.15, 0.2) is 29.2 Å². The second-order valence-corrected chi connectivity index (χ2v) is 6.62. The Labute approximate surface area is 99.4 Å². The zero-order chi connectivity index (χ0) is 13.1. The molecule has 1 aromatic carbocycles. The summed E-state index contributed by atoms with van der Waals surface area (Å²) in [7, 11) is -7.40. The Hall–Kier alpha value is -1.16. The molecule has 96 valence electrons. The van der Waals surface area contributed by atoms with E-state index in [-0.39, 0.29) is 10.6 Å². The molecule has 1 rings (SSSR count). The maximum atomic E-state index is 11.3. The Bertz CT molecular complexity index is 577. The number of nitrogens with two attached hydrogens (primary N) is 1. The molecule has 0 amide bonds. The molecule has 0 aromatic heterocycles. The summed E-state index contributed by atoms with van der Waals surface area (Å²) < 4.78 is 46.6. The molecule has 0 fully saturated rings. The molecule has 1 aromatic rings. The van der Waals surface area contributed by atoms with Gasteiger partial charge < -0.3 is 5.11 Å². The van der Waals surface area contributed by atoms with Crippen molar-refractivity contribution in [2.45, 2.75) is 4.90 Å². The van der Waals surface area contributed by atoms with Gasteiger partial charge in [0.1, 0.15) is 0 Å². The van der Waals surface area contributed by atoms with Gasteiger partial charge in [-0.1, -0.05) is 0 Å². The second-order valence-electron chi connectivity index (χ2n) is 3.21. The zero-order valence-electron chi connectivity index (χ0n) is 8.70. The Morgan fingerprint density at radius 2 is 1.65 bits per heavy atom. The van der Waals surface area contributed by atoms with Crippen LogP contribution in [0, 0.1) is 0 Å². The average molecular weight is 280 g/mol. The molecule has 4 N–H and O–H groups in total. The lowest BCUT2D eigenvalue weighted by molar-refractivity contribution is 0.320. The molecule has 0 atom stereocenters. The summed E-state index contributed by atoms with van der Waals surface area (Å²) in [4.78, 5) is -0.109. The molecular formula is C8H12N2O5S2. The van der Waals surface area contributed by atoms with Gasteiger partial charge in [0.2, 0.25) is 20.0 Å². The summed E-state index contributed by atoms with van der Waals surface area (Å²) in [6, 6.07) is 4.92. The number of sulfonamides is 2. The highest BCUT2D eigenvalue weighted by Crippen LogP contribution is 2.13. The third-order valence-electron chi connectivity index (χ3n) is 1.82. The third kappa shape index (κ3) is 4.30. The second kappa shape index (κ2) is 5.00. The number of aliphatic hydroxyl groups is 1. The first-order valence-electron chi connectivity index (χ1n) is 4.49. The molecule has 0 spiro atoms. The summed E-state index contributed by atoms with van der Waals surface area (Å²) in [5.41, 5.74) is 0.200. The molecular weight excluding hydrogens is 268 g/mol. The predicted molar refractivity (Wildman–Crippen MR) is 62.3 cm³/mol. The third-order valence-corrected chi connectivity index (χ3v) is 4.01. The van der Waals surface area contributed by atoms with E-state index in [1.54, 1.807) is 0 Å². The minimum absolute atomic E-state index is 0.109. The number of benzene rings is 1. The van der Waals surface area contributed by atoms with Crippen molar-refractivity contribution in [3.8, 4) is 0 Å². The van der Waals surface area contributed by atoms with Gasteiger partial charge in [0.15, 0.2) is 0 Å². The van der Waals surface area contributed by atoms with Gasteiger partial charge in [-0.2, -0.15) is 0 Å². The van der Waals surface area contributed by atoms with Crippen LogP contribution in [0.5, 0.6) is 0 Å². The van der Waals surface area contributed by atoms with Crippen molar-refractivity contribution in [3.05, 3.63) is 24.3 Å². The fourth-order valence-corrected chi connectivity index (χ4v) is 2.42. The van der Waals surface area contributed by atoms with Crippen molar-refractivity contribution < 1.29 is 21.9 Å². The van der Waals surface area contributed by atoms with E-state index >= 15 is 0 Å². The van der Waals surface area contributed by atoms with Gasteiger partial charge in [0, 0.05) is 5.69 Å². The van der Waals surface area contributed by atoms with Crippen LogP contribution in [0.25, 0.3) is 0 Å². The first-order chi connectivity index (χ1) is 7.74. The maximum absolute atomic E-state index is 11.3. The zero-order valence-corrected chi connectivity index (χ0v) is 10.3. The number of rotatable bonds is 5. The van der Waals surface area contributed by atoms with E-state index in [1.807, 2.05) is 0 Å². The van der Waals surface area contributed by atoms with Crippen molar-refractivity contribution in [1.29, 1.82) is 0 Å². The molecule has 0 saturated heterocycles. The van der Waals surface area contributed by atoms with Crippen LogP contribution in [0.4, 0.5) is 5.69 Å². The van der Waals surface area contributed by atoms with Crippen LogP contribution in [-0.4, -0.2) is 34.3 Å². The van der Waals surface area contributed by atoms with Crippen LogP contribution >= 0.6 is 0 Å². The highest BCUT2D eigenvalue weighted by atomic mass is 32.2. The molecule has 0 bridgehead atoms. The molecule has 17 heavy (non-hydrogen) atoms. The Morgan fingerprint density at radius 3 is 2.06 bits per heavy atom. The van der Waals surface area contributed by atoms with E-state index < -0.39 is 32.4 Å². The van der Waals surface area contributed by atoms with Crippen molar-refractivity contribution in [2.24, 2.45) is 5.14 Å². The summed E-state index contributed by atoms with van der Waals surface area (Å²) in [6.07, 6.45) is 0. The Morgan fingerprint density at radius 1 is 1.12 bits per heavy atom. The van der Waals surface area contributed by atoms with Gasteiger partial charge in [-0.15, -0.1) is 0 Å². The highest BCUT2D eigenvalue weighted by Gasteiger charge is 2.11. The monoisotopic (exact) mass is 280 g/mol.